The van der Waals surface area contributed by atoms with Crippen molar-refractivity contribution in [3.05, 3.63) is 46.5 Å². The van der Waals surface area contributed by atoms with E-state index in [9.17, 15) is 4.79 Å². The highest BCUT2D eigenvalue weighted by Crippen LogP contribution is 2.31. The Bertz CT molecular complexity index is 1040. The number of benzene rings is 1. The number of aromatic nitrogens is 4. The third-order valence-corrected chi connectivity index (χ3v) is 5.70. The van der Waals surface area contributed by atoms with Crippen LogP contribution < -0.4 is 10.1 Å². The van der Waals surface area contributed by atoms with Gasteiger partial charge in [-0.15, -0.1) is 0 Å². The summed E-state index contributed by atoms with van der Waals surface area (Å²) in [5, 5.41) is 7.61. The summed E-state index contributed by atoms with van der Waals surface area (Å²) in [5.74, 6) is 1.17. The molecule has 29 heavy (non-hydrogen) atoms. The summed E-state index contributed by atoms with van der Waals surface area (Å²) in [6, 6.07) is 5.39. The Morgan fingerprint density at radius 3 is 2.86 bits per heavy atom. The van der Waals surface area contributed by atoms with Crippen molar-refractivity contribution < 1.29 is 9.53 Å². The molecule has 0 aliphatic heterocycles. The molecule has 4 rings (SSSR count). The lowest BCUT2D eigenvalue weighted by molar-refractivity contribution is -0.116. The molecule has 1 aliphatic rings. The molecule has 0 saturated heterocycles. The number of fused-ring (bicyclic) bond motifs is 1. The van der Waals surface area contributed by atoms with Crippen molar-refractivity contribution in [2.24, 2.45) is 0 Å². The first-order chi connectivity index (χ1) is 14.0. The standard InChI is InChI=1S/C21H24ClN5O2/c1-13-17(14(2)27-21(25-13)23-12-24-27)8-10-20(28)26-15-7-9-19(18(22)11-15)29-16-5-3-4-6-16/h7,9,11-12,16H,3-6,8,10H2,1-2H3,(H,26,28). The molecule has 7 nitrogen and oxygen atoms in total. The average molecular weight is 414 g/mol. The van der Waals surface area contributed by atoms with Gasteiger partial charge in [0.05, 0.1) is 11.1 Å². The number of hydrogen-bond donors (Lipinski definition) is 1. The first-order valence-corrected chi connectivity index (χ1v) is 10.3. The van der Waals surface area contributed by atoms with Crippen LogP contribution in [0.2, 0.25) is 5.02 Å². The predicted molar refractivity (Wildman–Crippen MR) is 112 cm³/mol. The normalized spacial score (nSPS) is 14.4. The number of ether oxygens (including phenoxy) is 1. The highest BCUT2D eigenvalue weighted by molar-refractivity contribution is 6.32. The van der Waals surface area contributed by atoms with E-state index in [0.29, 0.717) is 35.1 Å². The molecule has 1 amide bonds. The van der Waals surface area contributed by atoms with Gasteiger partial charge >= 0.3 is 0 Å². The summed E-state index contributed by atoms with van der Waals surface area (Å²) in [6.45, 7) is 3.89. The summed E-state index contributed by atoms with van der Waals surface area (Å²) >= 11 is 6.35. The topological polar surface area (TPSA) is 81.4 Å². The summed E-state index contributed by atoms with van der Waals surface area (Å²) in [5.41, 5.74) is 3.50. The van der Waals surface area contributed by atoms with Gasteiger partial charge in [0.15, 0.2) is 0 Å². The van der Waals surface area contributed by atoms with Gasteiger partial charge in [-0.3, -0.25) is 4.79 Å². The van der Waals surface area contributed by atoms with Crippen LogP contribution in [0.25, 0.3) is 5.78 Å². The fourth-order valence-corrected chi connectivity index (χ4v) is 4.06. The molecule has 0 spiro atoms. The summed E-state index contributed by atoms with van der Waals surface area (Å²) in [6.07, 6.45) is 7.18. The molecule has 2 aromatic heterocycles. The van der Waals surface area contributed by atoms with Crippen molar-refractivity contribution in [1.29, 1.82) is 0 Å². The van der Waals surface area contributed by atoms with Gasteiger partial charge in [-0.25, -0.2) is 9.50 Å². The Morgan fingerprint density at radius 2 is 2.10 bits per heavy atom. The molecule has 2 heterocycles. The van der Waals surface area contributed by atoms with E-state index < -0.39 is 0 Å². The van der Waals surface area contributed by atoms with E-state index in [0.717, 1.165) is 29.8 Å². The van der Waals surface area contributed by atoms with Gasteiger partial charge in [-0.05, 0) is 69.7 Å². The van der Waals surface area contributed by atoms with Gasteiger partial charge in [0.25, 0.3) is 5.78 Å². The fraction of sp³-hybridized carbons (Fsp3) is 0.429. The Kier molecular flexibility index (Phi) is 5.67. The van der Waals surface area contributed by atoms with Gasteiger partial charge < -0.3 is 10.1 Å². The monoisotopic (exact) mass is 413 g/mol. The summed E-state index contributed by atoms with van der Waals surface area (Å²) in [7, 11) is 0. The van der Waals surface area contributed by atoms with E-state index in [4.69, 9.17) is 16.3 Å². The van der Waals surface area contributed by atoms with Crippen molar-refractivity contribution in [2.75, 3.05) is 5.32 Å². The van der Waals surface area contributed by atoms with Crippen LogP contribution in [0.1, 0.15) is 49.1 Å². The number of nitrogens with one attached hydrogen (secondary N) is 1. The maximum atomic E-state index is 12.5. The summed E-state index contributed by atoms with van der Waals surface area (Å²) < 4.78 is 7.66. The van der Waals surface area contributed by atoms with Crippen LogP contribution in [0.5, 0.6) is 5.75 Å². The number of aryl methyl sites for hydroxylation is 2. The molecule has 1 N–H and O–H groups in total. The smallest absolute Gasteiger partial charge is 0.252 e. The van der Waals surface area contributed by atoms with Crippen molar-refractivity contribution in [2.45, 2.75) is 58.5 Å². The van der Waals surface area contributed by atoms with Gasteiger partial charge in [-0.1, -0.05) is 11.6 Å². The van der Waals surface area contributed by atoms with E-state index >= 15 is 0 Å². The second kappa shape index (κ2) is 8.37. The number of carbonyl (C=O) groups excluding carboxylic acids is 1. The first kappa shape index (κ1) is 19.6. The zero-order chi connectivity index (χ0) is 20.4. The Hall–Kier alpha value is -2.67. The molecule has 0 bridgehead atoms. The molecular formula is C21H24ClN5O2. The van der Waals surface area contributed by atoms with Crippen LogP contribution in [0.3, 0.4) is 0 Å². The van der Waals surface area contributed by atoms with E-state index in [2.05, 4.69) is 20.4 Å². The minimum atomic E-state index is -0.0805. The van der Waals surface area contributed by atoms with Crippen LogP contribution in [0.4, 0.5) is 5.69 Å². The molecule has 3 aromatic rings. The lowest BCUT2D eigenvalue weighted by Gasteiger charge is -2.15. The third kappa shape index (κ3) is 4.34. The second-order valence-electron chi connectivity index (χ2n) is 7.45. The average Bonchev–Trinajstić information content (AvgIpc) is 3.35. The Labute approximate surface area is 174 Å². The van der Waals surface area contributed by atoms with Gasteiger partial charge in [-0.2, -0.15) is 10.1 Å². The highest BCUT2D eigenvalue weighted by Gasteiger charge is 2.18. The van der Waals surface area contributed by atoms with Crippen molar-refractivity contribution in [3.8, 4) is 5.75 Å². The van der Waals surface area contributed by atoms with Gasteiger partial charge in [0.1, 0.15) is 12.1 Å². The van der Waals surface area contributed by atoms with Crippen LogP contribution in [-0.4, -0.2) is 31.6 Å². The SMILES string of the molecule is Cc1nc2ncnn2c(C)c1CCC(=O)Nc1ccc(OC2CCCC2)c(Cl)c1. The number of nitrogens with zero attached hydrogens (tertiary/aromatic N) is 4. The van der Waals surface area contributed by atoms with Crippen LogP contribution in [-0.2, 0) is 11.2 Å². The minimum absolute atomic E-state index is 0.0805. The number of carbonyl (C=O) groups is 1. The van der Waals surface area contributed by atoms with E-state index in [-0.39, 0.29) is 12.0 Å². The highest BCUT2D eigenvalue weighted by atomic mass is 35.5. The molecule has 1 fully saturated rings. The van der Waals surface area contributed by atoms with Crippen LogP contribution in [0.15, 0.2) is 24.5 Å². The van der Waals surface area contributed by atoms with Crippen LogP contribution >= 0.6 is 11.6 Å². The molecule has 1 saturated carbocycles. The molecule has 0 radical (unpaired) electrons. The number of amides is 1. The molecule has 0 unspecified atom stereocenters. The van der Waals surface area contributed by atoms with Gasteiger partial charge in [0, 0.05) is 23.5 Å². The largest absolute Gasteiger partial charge is 0.489 e. The van der Waals surface area contributed by atoms with E-state index in [1.165, 1.54) is 19.2 Å². The minimum Gasteiger partial charge on any atom is -0.489 e. The van der Waals surface area contributed by atoms with Crippen molar-refractivity contribution in [3.63, 3.8) is 0 Å². The third-order valence-electron chi connectivity index (χ3n) is 5.40. The lowest BCUT2D eigenvalue weighted by atomic mass is 10.1. The predicted octanol–water partition coefficient (Wildman–Crippen LogP) is 4.29. The molecular weight excluding hydrogens is 390 g/mol. The van der Waals surface area contributed by atoms with E-state index in [1.54, 1.807) is 10.6 Å². The van der Waals surface area contributed by atoms with Crippen molar-refractivity contribution in [1.82, 2.24) is 19.6 Å². The van der Waals surface area contributed by atoms with Gasteiger partial charge in [0.2, 0.25) is 5.91 Å². The fourth-order valence-electron chi connectivity index (χ4n) is 3.84. The zero-order valence-corrected chi connectivity index (χ0v) is 17.4. The number of halogens is 1. The maximum Gasteiger partial charge on any atom is 0.252 e. The quantitative estimate of drug-likeness (QED) is 0.652. The second-order valence-corrected chi connectivity index (χ2v) is 7.86. The zero-order valence-electron chi connectivity index (χ0n) is 16.6. The molecule has 8 heteroatoms. The molecule has 1 aromatic carbocycles. The number of hydrogen-bond acceptors (Lipinski definition) is 5. The summed E-state index contributed by atoms with van der Waals surface area (Å²) in [4.78, 5) is 21.0. The molecule has 0 atom stereocenters. The Morgan fingerprint density at radius 1 is 1.31 bits per heavy atom. The number of anilines is 1. The van der Waals surface area contributed by atoms with E-state index in [1.807, 2.05) is 26.0 Å². The molecule has 152 valence electrons. The van der Waals surface area contributed by atoms with Crippen LogP contribution in [0, 0.1) is 13.8 Å². The Balaban J connectivity index is 1.38. The lowest BCUT2D eigenvalue weighted by Crippen LogP contribution is -2.15. The number of rotatable bonds is 6. The van der Waals surface area contributed by atoms with Crippen molar-refractivity contribution >= 4 is 29.0 Å². The maximum absolute atomic E-state index is 12.5. The first-order valence-electron chi connectivity index (χ1n) is 9.93. The molecule has 1 aliphatic carbocycles.